The molecule has 1 aromatic heterocycles. The fourth-order valence-corrected chi connectivity index (χ4v) is 4.14. The molecule has 0 aliphatic carbocycles. The molecule has 1 amide bonds. The van der Waals surface area contributed by atoms with Gasteiger partial charge in [0.25, 0.3) is 5.91 Å². The molecule has 0 radical (unpaired) electrons. The first kappa shape index (κ1) is 17.5. The second-order valence-electron chi connectivity index (χ2n) is 6.82. The molecule has 1 fully saturated rings. The summed E-state index contributed by atoms with van der Waals surface area (Å²) >= 11 is 1.35. The Morgan fingerprint density at radius 2 is 1.92 bits per heavy atom. The highest BCUT2D eigenvalue weighted by Crippen LogP contribution is 2.30. The molecule has 0 spiro atoms. The summed E-state index contributed by atoms with van der Waals surface area (Å²) in [7, 11) is 0. The number of carboxylic acids is 1. The van der Waals surface area contributed by atoms with Gasteiger partial charge >= 0.3 is 5.97 Å². The van der Waals surface area contributed by atoms with Crippen LogP contribution in [-0.2, 0) is 0 Å². The van der Waals surface area contributed by atoms with Crippen molar-refractivity contribution in [3.05, 3.63) is 46.2 Å². The highest BCUT2D eigenvalue weighted by Gasteiger charge is 2.25. The van der Waals surface area contributed by atoms with Gasteiger partial charge in [0.15, 0.2) is 0 Å². The Balaban J connectivity index is 1.85. The van der Waals surface area contributed by atoms with Crippen LogP contribution in [0.5, 0.6) is 0 Å². The number of rotatable bonds is 4. The Bertz CT molecular complexity index is 763. The summed E-state index contributed by atoms with van der Waals surface area (Å²) in [6, 6.07) is 8.68. The van der Waals surface area contributed by atoms with Gasteiger partial charge in [0.05, 0.1) is 16.1 Å². The highest BCUT2D eigenvalue weighted by molar-refractivity contribution is 7.12. The zero-order valence-corrected chi connectivity index (χ0v) is 15.2. The molecule has 1 aromatic carbocycles. The van der Waals surface area contributed by atoms with E-state index in [9.17, 15) is 14.7 Å². The molecule has 25 heavy (non-hydrogen) atoms. The van der Waals surface area contributed by atoms with Crippen molar-refractivity contribution in [1.29, 1.82) is 0 Å². The van der Waals surface area contributed by atoms with Crippen LogP contribution in [0.4, 0.5) is 11.4 Å². The van der Waals surface area contributed by atoms with E-state index in [0.29, 0.717) is 22.4 Å². The van der Waals surface area contributed by atoms with E-state index >= 15 is 0 Å². The number of amides is 1. The van der Waals surface area contributed by atoms with Crippen molar-refractivity contribution in [3.8, 4) is 0 Å². The SMILES string of the molecule is C[C@@H]1C[C@@H](C)CN(c2ccc(NC(=O)c3cccs3)cc2C(=O)O)C1. The lowest BCUT2D eigenvalue weighted by Crippen LogP contribution is -2.39. The number of hydrogen-bond donors (Lipinski definition) is 2. The number of carbonyl (C=O) groups excluding carboxylic acids is 1. The Kier molecular flexibility index (Phi) is 5.08. The lowest BCUT2D eigenvalue weighted by Gasteiger charge is -2.37. The number of hydrogen-bond acceptors (Lipinski definition) is 4. The molecular formula is C19H22N2O3S. The number of benzene rings is 1. The van der Waals surface area contributed by atoms with Crippen LogP contribution >= 0.6 is 11.3 Å². The first-order chi connectivity index (χ1) is 11.9. The molecule has 2 atom stereocenters. The summed E-state index contributed by atoms with van der Waals surface area (Å²) < 4.78 is 0. The van der Waals surface area contributed by atoms with E-state index in [-0.39, 0.29) is 11.5 Å². The van der Waals surface area contributed by atoms with Crippen molar-refractivity contribution in [2.24, 2.45) is 11.8 Å². The summed E-state index contributed by atoms with van der Waals surface area (Å²) in [6.07, 6.45) is 1.16. The molecule has 2 aromatic rings. The number of anilines is 2. The molecule has 2 N–H and O–H groups in total. The Hall–Kier alpha value is -2.34. The zero-order valence-electron chi connectivity index (χ0n) is 14.4. The maximum Gasteiger partial charge on any atom is 0.337 e. The molecular weight excluding hydrogens is 336 g/mol. The summed E-state index contributed by atoms with van der Waals surface area (Å²) in [5.41, 5.74) is 1.45. The van der Waals surface area contributed by atoms with Crippen molar-refractivity contribution in [2.75, 3.05) is 23.3 Å². The molecule has 2 heterocycles. The van der Waals surface area contributed by atoms with Crippen LogP contribution in [0.2, 0.25) is 0 Å². The molecule has 6 heteroatoms. The molecule has 5 nitrogen and oxygen atoms in total. The second kappa shape index (κ2) is 7.27. The van der Waals surface area contributed by atoms with Gasteiger partial charge in [0.2, 0.25) is 0 Å². The number of carboxylic acid groups (broad SMARTS) is 1. The monoisotopic (exact) mass is 358 g/mol. The Morgan fingerprint density at radius 3 is 2.52 bits per heavy atom. The van der Waals surface area contributed by atoms with Crippen molar-refractivity contribution in [1.82, 2.24) is 0 Å². The van der Waals surface area contributed by atoms with Gasteiger partial charge in [-0.15, -0.1) is 11.3 Å². The van der Waals surface area contributed by atoms with Gasteiger partial charge in [0.1, 0.15) is 0 Å². The van der Waals surface area contributed by atoms with Crippen LogP contribution in [0, 0.1) is 11.8 Å². The van der Waals surface area contributed by atoms with Crippen LogP contribution in [0.15, 0.2) is 35.7 Å². The van der Waals surface area contributed by atoms with E-state index in [1.807, 2.05) is 11.4 Å². The lowest BCUT2D eigenvalue weighted by molar-refractivity contribution is 0.0697. The van der Waals surface area contributed by atoms with Gasteiger partial charge in [-0.05, 0) is 47.9 Å². The van der Waals surface area contributed by atoms with E-state index in [2.05, 4.69) is 24.1 Å². The number of thiophene rings is 1. The van der Waals surface area contributed by atoms with Gasteiger partial charge in [-0.2, -0.15) is 0 Å². The molecule has 3 rings (SSSR count). The summed E-state index contributed by atoms with van der Waals surface area (Å²) in [5.74, 6) is -0.139. The summed E-state index contributed by atoms with van der Waals surface area (Å²) in [4.78, 5) is 26.7. The minimum Gasteiger partial charge on any atom is -0.478 e. The highest BCUT2D eigenvalue weighted by atomic mass is 32.1. The van der Waals surface area contributed by atoms with Crippen molar-refractivity contribution < 1.29 is 14.7 Å². The third kappa shape index (κ3) is 4.02. The Labute approximate surface area is 151 Å². The van der Waals surface area contributed by atoms with E-state index in [1.165, 1.54) is 11.3 Å². The zero-order chi connectivity index (χ0) is 18.0. The minimum absolute atomic E-state index is 0.223. The quantitative estimate of drug-likeness (QED) is 0.860. The molecule has 0 unspecified atom stereocenters. The second-order valence-corrected chi connectivity index (χ2v) is 7.77. The van der Waals surface area contributed by atoms with Gasteiger partial charge in [-0.1, -0.05) is 19.9 Å². The number of aromatic carboxylic acids is 1. The molecule has 1 aliphatic heterocycles. The normalized spacial score (nSPS) is 20.3. The van der Waals surface area contributed by atoms with Crippen LogP contribution in [0.25, 0.3) is 0 Å². The van der Waals surface area contributed by atoms with Crippen LogP contribution in [0.1, 0.15) is 40.3 Å². The predicted molar refractivity (Wildman–Crippen MR) is 101 cm³/mol. The van der Waals surface area contributed by atoms with E-state index in [1.54, 1.807) is 24.3 Å². The van der Waals surface area contributed by atoms with Gasteiger partial charge in [-0.25, -0.2) is 4.79 Å². The average Bonchev–Trinajstić information content (AvgIpc) is 3.08. The van der Waals surface area contributed by atoms with E-state index in [0.717, 1.165) is 25.2 Å². The molecule has 132 valence electrons. The maximum absolute atomic E-state index is 12.2. The average molecular weight is 358 g/mol. The van der Waals surface area contributed by atoms with Crippen molar-refractivity contribution in [2.45, 2.75) is 20.3 Å². The van der Waals surface area contributed by atoms with Crippen molar-refractivity contribution >= 4 is 34.6 Å². The fraction of sp³-hybridized carbons (Fsp3) is 0.368. The van der Waals surface area contributed by atoms with Crippen molar-refractivity contribution in [3.63, 3.8) is 0 Å². The minimum atomic E-state index is -0.979. The van der Waals surface area contributed by atoms with Crippen LogP contribution in [-0.4, -0.2) is 30.1 Å². The molecule has 1 aliphatic rings. The number of carbonyl (C=O) groups is 2. The Morgan fingerprint density at radius 1 is 1.20 bits per heavy atom. The lowest BCUT2D eigenvalue weighted by atomic mass is 9.91. The summed E-state index contributed by atoms with van der Waals surface area (Å²) in [6.45, 7) is 6.09. The number of piperidine rings is 1. The predicted octanol–water partition coefficient (Wildman–Crippen LogP) is 4.18. The van der Waals surface area contributed by atoms with Crippen LogP contribution < -0.4 is 10.2 Å². The number of nitrogens with zero attached hydrogens (tertiary/aromatic N) is 1. The third-order valence-electron chi connectivity index (χ3n) is 4.44. The fourth-order valence-electron chi connectivity index (χ4n) is 3.52. The molecule has 1 saturated heterocycles. The van der Waals surface area contributed by atoms with E-state index < -0.39 is 5.97 Å². The largest absolute Gasteiger partial charge is 0.478 e. The molecule has 0 saturated carbocycles. The topological polar surface area (TPSA) is 69.6 Å². The van der Waals surface area contributed by atoms with E-state index in [4.69, 9.17) is 0 Å². The van der Waals surface area contributed by atoms with Crippen LogP contribution in [0.3, 0.4) is 0 Å². The maximum atomic E-state index is 12.2. The first-order valence-electron chi connectivity index (χ1n) is 8.41. The van der Waals surface area contributed by atoms with Gasteiger partial charge in [0, 0.05) is 18.8 Å². The van der Waals surface area contributed by atoms with Gasteiger partial charge in [-0.3, -0.25) is 4.79 Å². The standard InChI is InChI=1S/C19H22N2O3S/c1-12-8-13(2)11-21(10-12)16-6-5-14(9-15(16)19(23)24)20-18(22)17-4-3-7-25-17/h3-7,9,12-13H,8,10-11H2,1-2H3,(H,20,22)(H,23,24)/t12-,13-/m1/s1. The number of nitrogens with one attached hydrogen (secondary N) is 1. The first-order valence-corrected chi connectivity index (χ1v) is 9.29. The third-order valence-corrected chi connectivity index (χ3v) is 5.31. The molecule has 0 bridgehead atoms. The summed E-state index contributed by atoms with van der Waals surface area (Å²) in [5, 5.41) is 14.2. The van der Waals surface area contributed by atoms with Gasteiger partial charge < -0.3 is 15.3 Å². The smallest absolute Gasteiger partial charge is 0.337 e.